The van der Waals surface area contributed by atoms with E-state index in [2.05, 4.69) is 15.2 Å². The molecule has 0 aliphatic carbocycles. The smallest absolute Gasteiger partial charge is 0.280 e. The molecule has 0 spiro atoms. The summed E-state index contributed by atoms with van der Waals surface area (Å²) in [6, 6.07) is 19.2. The van der Waals surface area contributed by atoms with Gasteiger partial charge in [0.1, 0.15) is 5.69 Å². The minimum Gasteiger partial charge on any atom is -0.280 e. The third kappa shape index (κ3) is 6.16. The van der Waals surface area contributed by atoms with Crippen molar-refractivity contribution in [3.63, 3.8) is 0 Å². The van der Waals surface area contributed by atoms with Gasteiger partial charge in [0.05, 0.1) is 16.0 Å². The Morgan fingerprint density at radius 2 is 1.75 bits per heavy atom. The van der Waals surface area contributed by atoms with E-state index in [1.165, 1.54) is 42.6 Å². The lowest BCUT2D eigenvalue weighted by Gasteiger charge is -2.09. The first-order valence-corrected chi connectivity index (χ1v) is 11.2. The van der Waals surface area contributed by atoms with Crippen LogP contribution in [0, 0.1) is 10.1 Å². The summed E-state index contributed by atoms with van der Waals surface area (Å²) in [5.41, 5.74) is 4.33. The zero-order valence-electron chi connectivity index (χ0n) is 16.9. The SMILES string of the molecule is CC(C=NNc1ccc(S(=O)(=O)Nc2ccc(Cl)cc2)cc1[N+](=O)[O-])=Cc1ccccc1. The molecule has 164 valence electrons. The van der Waals surface area contributed by atoms with Crippen molar-refractivity contribution >= 4 is 51.0 Å². The van der Waals surface area contributed by atoms with Crippen molar-refractivity contribution in [1.82, 2.24) is 0 Å². The van der Waals surface area contributed by atoms with E-state index in [4.69, 9.17) is 11.6 Å². The highest BCUT2D eigenvalue weighted by atomic mass is 35.5. The summed E-state index contributed by atoms with van der Waals surface area (Å²) in [6.07, 6.45) is 3.42. The molecular weight excluding hydrogens is 452 g/mol. The molecule has 0 aliphatic rings. The Morgan fingerprint density at radius 3 is 2.41 bits per heavy atom. The van der Waals surface area contributed by atoms with Gasteiger partial charge in [-0.2, -0.15) is 5.10 Å². The number of nitrogens with one attached hydrogen (secondary N) is 2. The van der Waals surface area contributed by atoms with Crippen molar-refractivity contribution in [1.29, 1.82) is 0 Å². The van der Waals surface area contributed by atoms with Crippen molar-refractivity contribution in [2.45, 2.75) is 11.8 Å². The van der Waals surface area contributed by atoms with Crippen molar-refractivity contribution in [2.75, 3.05) is 10.1 Å². The van der Waals surface area contributed by atoms with Crippen LogP contribution in [0.2, 0.25) is 5.02 Å². The van der Waals surface area contributed by atoms with Crippen LogP contribution < -0.4 is 10.1 Å². The van der Waals surface area contributed by atoms with Gasteiger partial charge in [-0.25, -0.2) is 8.42 Å². The van der Waals surface area contributed by atoms with Crippen LogP contribution >= 0.6 is 11.6 Å². The maximum absolute atomic E-state index is 12.6. The maximum atomic E-state index is 12.6. The Labute approximate surface area is 190 Å². The van der Waals surface area contributed by atoms with Crippen LogP contribution in [0.25, 0.3) is 6.08 Å². The number of nitro benzene ring substituents is 1. The number of sulfonamides is 1. The summed E-state index contributed by atoms with van der Waals surface area (Å²) in [5, 5.41) is 16.0. The van der Waals surface area contributed by atoms with Crippen molar-refractivity contribution in [3.8, 4) is 0 Å². The molecular formula is C22H19ClN4O4S. The van der Waals surface area contributed by atoms with Gasteiger partial charge >= 0.3 is 0 Å². The molecule has 0 aliphatic heterocycles. The molecule has 0 unspecified atom stereocenters. The van der Waals surface area contributed by atoms with Crippen molar-refractivity contribution in [2.24, 2.45) is 5.10 Å². The Morgan fingerprint density at radius 1 is 1.06 bits per heavy atom. The molecule has 0 radical (unpaired) electrons. The second-order valence-corrected chi connectivity index (χ2v) is 8.84. The third-order valence-corrected chi connectivity index (χ3v) is 5.85. The van der Waals surface area contributed by atoms with Crippen molar-refractivity contribution in [3.05, 3.63) is 99.1 Å². The minimum atomic E-state index is -4.04. The summed E-state index contributed by atoms with van der Waals surface area (Å²) < 4.78 is 27.6. The normalized spacial score (nSPS) is 12.0. The monoisotopic (exact) mass is 470 g/mol. The molecule has 0 atom stereocenters. The van der Waals surface area contributed by atoms with E-state index in [1.807, 2.05) is 43.3 Å². The Hall–Kier alpha value is -3.69. The van der Waals surface area contributed by atoms with E-state index in [1.54, 1.807) is 0 Å². The number of halogens is 1. The Bertz CT molecular complexity index is 1280. The molecule has 10 heteroatoms. The molecule has 3 aromatic rings. The van der Waals surface area contributed by atoms with Gasteiger partial charge in [0, 0.05) is 16.8 Å². The molecule has 2 N–H and O–H groups in total. The molecule has 32 heavy (non-hydrogen) atoms. The van der Waals surface area contributed by atoms with Gasteiger partial charge in [-0.3, -0.25) is 20.3 Å². The molecule has 0 saturated heterocycles. The number of hydrazone groups is 1. The standard InChI is InChI=1S/C22H19ClN4O4S/c1-16(13-17-5-3-2-4-6-17)15-24-25-21-12-11-20(14-22(21)27(28)29)32(30,31)26-19-9-7-18(23)8-10-19/h2-15,25-26H,1H3. The van der Waals surface area contributed by atoms with Crippen LogP contribution in [0.1, 0.15) is 12.5 Å². The number of hydrogen-bond acceptors (Lipinski definition) is 6. The van der Waals surface area contributed by atoms with E-state index in [-0.39, 0.29) is 16.3 Å². The van der Waals surface area contributed by atoms with Gasteiger partial charge in [-0.05, 0) is 54.5 Å². The fraction of sp³-hybridized carbons (Fsp3) is 0.0455. The summed E-state index contributed by atoms with van der Waals surface area (Å²) in [6.45, 7) is 1.84. The van der Waals surface area contributed by atoms with E-state index in [0.29, 0.717) is 5.02 Å². The van der Waals surface area contributed by atoms with Gasteiger partial charge in [-0.15, -0.1) is 0 Å². The fourth-order valence-electron chi connectivity index (χ4n) is 2.71. The first-order chi connectivity index (χ1) is 15.2. The van der Waals surface area contributed by atoms with Crippen LogP contribution in [-0.2, 0) is 10.0 Å². The van der Waals surface area contributed by atoms with E-state index >= 15 is 0 Å². The lowest BCUT2D eigenvalue weighted by atomic mass is 10.1. The second kappa shape index (κ2) is 10.1. The summed E-state index contributed by atoms with van der Waals surface area (Å²) in [5.74, 6) is 0. The van der Waals surface area contributed by atoms with E-state index in [0.717, 1.165) is 17.2 Å². The lowest BCUT2D eigenvalue weighted by Crippen LogP contribution is -2.13. The zero-order valence-corrected chi connectivity index (χ0v) is 18.5. The zero-order chi connectivity index (χ0) is 23.1. The topological polar surface area (TPSA) is 114 Å². The highest BCUT2D eigenvalue weighted by molar-refractivity contribution is 7.92. The van der Waals surface area contributed by atoms with Crippen LogP contribution in [0.4, 0.5) is 17.1 Å². The molecule has 3 rings (SSSR count). The van der Waals surface area contributed by atoms with Crippen LogP contribution in [0.5, 0.6) is 0 Å². The maximum Gasteiger partial charge on any atom is 0.295 e. The largest absolute Gasteiger partial charge is 0.295 e. The third-order valence-electron chi connectivity index (χ3n) is 4.22. The highest BCUT2D eigenvalue weighted by Crippen LogP contribution is 2.28. The quantitative estimate of drug-likeness (QED) is 0.254. The summed E-state index contributed by atoms with van der Waals surface area (Å²) >= 11 is 5.80. The van der Waals surface area contributed by atoms with Crippen LogP contribution in [-0.4, -0.2) is 19.6 Å². The molecule has 0 amide bonds. The van der Waals surface area contributed by atoms with Crippen LogP contribution in [0.3, 0.4) is 0 Å². The van der Waals surface area contributed by atoms with Gasteiger partial charge in [0.2, 0.25) is 0 Å². The predicted molar refractivity (Wildman–Crippen MR) is 128 cm³/mol. The number of benzene rings is 3. The first kappa shape index (κ1) is 23.0. The van der Waals surface area contributed by atoms with Gasteiger partial charge in [0.15, 0.2) is 0 Å². The molecule has 8 nitrogen and oxygen atoms in total. The minimum absolute atomic E-state index is 0.0594. The number of nitro groups is 1. The highest BCUT2D eigenvalue weighted by Gasteiger charge is 2.21. The molecule has 0 bridgehead atoms. The predicted octanol–water partition coefficient (Wildman–Crippen LogP) is 5.55. The molecule has 3 aromatic carbocycles. The molecule has 0 aromatic heterocycles. The number of rotatable bonds is 8. The molecule has 0 saturated carbocycles. The number of allylic oxidation sites excluding steroid dienone is 1. The second-order valence-electron chi connectivity index (χ2n) is 6.72. The average molecular weight is 471 g/mol. The Balaban J connectivity index is 1.79. The number of nitrogens with zero attached hydrogens (tertiary/aromatic N) is 2. The van der Waals surface area contributed by atoms with Gasteiger partial charge in [-0.1, -0.05) is 48.0 Å². The first-order valence-electron chi connectivity index (χ1n) is 9.34. The van der Waals surface area contributed by atoms with E-state index in [9.17, 15) is 18.5 Å². The summed E-state index contributed by atoms with van der Waals surface area (Å²) in [4.78, 5) is 10.6. The van der Waals surface area contributed by atoms with Gasteiger partial charge < -0.3 is 0 Å². The van der Waals surface area contributed by atoms with Gasteiger partial charge in [0.25, 0.3) is 15.7 Å². The fourth-order valence-corrected chi connectivity index (χ4v) is 3.91. The van der Waals surface area contributed by atoms with Crippen molar-refractivity contribution < 1.29 is 13.3 Å². The summed E-state index contributed by atoms with van der Waals surface area (Å²) in [7, 11) is -4.04. The number of anilines is 2. The number of hydrogen-bond donors (Lipinski definition) is 2. The Kier molecular flexibility index (Phi) is 7.24. The lowest BCUT2D eigenvalue weighted by molar-refractivity contribution is -0.384. The van der Waals surface area contributed by atoms with Crippen LogP contribution in [0.15, 0.2) is 88.4 Å². The molecule has 0 fully saturated rings. The molecule has 0 heterocycles. The average Bonchev–Trinajstić information content (AvgIpc) is 2.76. The van der Waals surface area contributed by atoms with E-state index < -0.39 is 20.6 Å².